The zero-order valence-electron chi connectivity index (χ0n) is 10.5. The van der Waals surface area contributed by atoms with E-state index in [1.54, 1.807) is 0 Å². The van der Waals surface area contributed by atoms with Crippen LogP contribution in [0.25, 0.3) is 0 Å². The van der Waals surface area contributed by atoms with Gasteiger partial charge in [0.2, 0.25) is 0 Å². The minimum absolute atomic E-state index is 0.623. The third-order valence-corrected chi connectivity index (χ3v) is 3.97. The van der Waals surface area contributed by atoms with Gasteiger partial charge < -0.3 is 14.8 Å². The molecule has 3 nitrogen and oxygen atoms in total. The van der Waals surface area contributed by atoms with Gasteiger partial charge in [-0.1, -0.05) is 0 Å². The van der Waals surface area contributed by atoms with Crippen LogP contribution in [0, 0.1) is 0 Å². The Kier molecular flexibility index (Phi) is 5.66. The molecule has 18 heavy (non-hydrogen) atoms. The van der Waals surface area contributed by atoms with Crippen molar-refractivity contribution in [2.24, 2.45) is 0 Å². The molecule has 0 atom stereocenters. The molecule has 100 valence electrons. The first-order valence-electron chi connectivity index (χ1n) is 6.09. The molecule has 0 radical (unpaired) electrons. The second-order valence-electron chi connectivity index (χ2n) is 4.12. The normalized spacial score (nSPS) is 13.7. The van der Waals surface area contributed by atoms with Crippen LogP contribution >= 0.6 is 27.7 Å². The van der Waals surface area contributed by atoms with Crippen LogP contribution in [-0.4, -0.2) is 31.8 Å². The monoisotopic (exact) mass is 331 g/mol. The fraction of sp³-hybridized carbons (Fsp3) is 0.538. The largest absolute Gasteiger partial charge is 0.486 e. The number of thioether (sulfide) groups is 1. The molecule has 5 heteroatoms. The molecule has 0 unspecified atom stereocenters. The van der Waals surface area contributed by atoms with Crippen molar-refractivity contribution in [3.63, 3.8) is 0 Å². The standard InChI is InChI=1S/C13H18BrNO2S/c1-18-6-2-3-15-9-10-7-11(14)13-12(8-10)16-4-5-17-13/h7-8,15H,2-6,9H2,1H3. The van der Waals surface area contributed by atoms with Crippen molar-refractivity contribution >= 4 is 27.7 Å². The minimum atomic E-state index is 0.623. The summed E-state index contributed by atoms with van der Waals surface area (Å²) < 4.78 is 12.1. The number of rotatable bonds is 6. The van der Waals surface area contributed by atoms with E-state index in [1.165, 1.54) is 17.7 Å². The number of halogens is 1. The third-order valence-electron chi connectivity index (χ3n) is 2.69. The molecular formula is C13H18BrNO2S. The lowest BCUT2D eigenvalue weighted by Gasteiger charge is -2.20. The molecule has 0 aromatic heterocycles. The minimum Gasteiger partial charge on any atom is -0.486 e. The highest BCUT2D eigenvalue weighted by Crippen LogP contribution is 2.38. The van der Waals surface area contributed by atoms with E-state index in [2.05, 4.69) is 39.6 Å². The molecule has 0 bridgehead atoms. The highest BCUT2D eigenvalue weighted by molar-refractivity contribution is 9.10. The molecule has 0 saturated carbocycles. The number of ether oxygens (including phenoxy) is 2. The average Bonchev–Trinajstić information content (AvgIpc) is 2.39. The van der Waals surface area contributed by atoms with Crippen molar-refractivity contribution in [1.82, 2.24) is 5.32 Å². The Labute approximate surface area is 121 Å². The van der Waals surface area contributed by atoms with Crippen LogP contribution in [0.2, 0.25) is 0 Å². The molecule has 0 amide bonds. The summed E-state index contributed by atoms with van der Waals surface area (Å²) >= 11 is 5.42. The van der Waals surface area contributed by atoms with Crippen molar-refractivity contribution < 1.29 is 9.47 Å². The Hall–Kier alpha value is -0.390. The van der Waals surface area contributed by atoms with E-state index in [0.29, 0.717) is 13.2 Å². The van der Waals surface area contributed by atoms with Crippen LogP contribution in [0.3, 0.4) is 0 Å². The molecule has 1 aromatic rings. The second kappa shape index (κ2) is 7.26. The quantitative estimate of drug-likeness (QED) is 0.811. The molecule has 1 aromatic carbocycles. The highest BCUT2D eigenvalue weighted by atomic mass is 79.9. The zero-order chi connectivity index (χ0) is 12.8. The number of hydrogen-bond donors (Lipinski definition) is 1. The SMILES string of the molecule is CSCCCNCc1cc(Br)c2c(c1)OCCO2. The molecule has 0 aliphatic carbocycles. The summed E-state index contributed by atoms with van der Waals surface area (Å²) in [5.41, 5.74) is 1.22. The van der Waals surface area contributed by atoms with Gasteiger partial charge in [-0.2, -0.15) is 11.8 Å². The van der Waals surface area contributed by atoms with Gasteiger partial charge >= 0.3 is 0 Å². The van der Waals surface area contributed by atoms with Crippen LogP contribution in [0.15, 0.2) is 16.6 Å². The maximum absolute atomic E-state index is 5.60. The molecule has 0 spiro atoms. The molecule has 0 saturated heterocycles. The fourth-order valence-electron chi connectivity index (χ4n) is 1.84. The van der Waals surface area contributed by atoms with Crippen molar-refractivity contribution in [2.45, 2.75) is 13.0 Å². The van der Waals surface area contributed by atoms with Crippen molar-refractivity contribution in [1.29, 1.82) is 0 Å². The Balaban J connectivity index is 1.91. The summed E-state index contributed by atoms with van der Waals surface area (Å²) in [5.74, 6) is 2.88. The first kappa shape index (κ1) is 14.0. The molecule has 0 fully saturated rings. The number of benzene rings is 1. The van der Waals surface area contributed by atoms with Crippen molar-refractivity contribution in [3.05, 3.63) is 22.2 Å². The van der Waals surface area contributed by atoms with Gasteiger partial charge in [-0.3, -0.25) is 0 Å². The summed E-state index contributed by atoms with van der Waals surface area (Å²) in [5, 5.41) is 3.44. The van der Waals surface area contributed by atoms with Gasteiger partial charge in [0.15, 0.2) is 11.5 Å². The Morgan fingerprint density at radius 1 is 1.33 bits per heavy atom. The molecule has 1 aliphatic heterocycles. The van der Waals surface area contributed by atoms with Crippen LogP contribution < -0.4 is 14.8 Å². The summed E-state index contributed by atoms with van der Waals surface area (Å²) in [6, 6.07) is 4.15. The number of nitrogens with one attached hydrogen (secondary N) is 1. The van der Waals surface area contributed by atoms with Crippen LogP contribution in [-0.2, 0) is 6.54 Å². The first-order chi connectivity index (χ1) is 8.81. The highest BCUT2D eigenvalue weighted by Gasteiger charge is 2.15. The van der Waals surface area contributed by atoms with Gasteiger partial charge in [-0.15, -0.1) is 0 Å². The van der Waals surface area contributed by atoms with E-state index in [4.69, 9.17) is 9.47 Å². The maximum atomic E-state index is 5.60. The van der Waals surface area contributed by atoms with Gasteiger partial charge in [0.05, 0.1) is 4.47 Å². The first-order valence-corrected chi connectivity index (χ1v) is 8.27. The van der Waals surface area contributed by atoms with E-state index < -0.39 is 0 Å². The average molecular weight is 332 g/mol. The van der Waals surface area contributed by atoms with Crippen molar-refractivity contribution in [2.75, 3.05) is 31.8 Å². The molecule has 2 rings (SSSR count). The second-order valence-corrected chi connectivity index (χ2v) is 5.96. The van der Waals surface area contributed by atoms with Crippen LogP contribution in [0.5, 0.6) is 11.5 Å². The van der Waals surface area contributed by atoms with Crippen molar-refractivity contribution in [3.8, 4) is 11.5 Å². The Morgan fingerprint density at radius 2 is 2.17 bits per heavy atom. The van der Waals surface area contributed by atoms with E-state index >= 15 is 0 Å². The lowest BCUT2D eigenvalue weighted by atomic mass is 10.2. The predicted molar refractivity (Wildman–Crippen MR) is 79.8 cm³/mol. The van der Waals surface area contributed by atoms with Gasteiger partial charge in [0.25, 0.3) is 0 Å². The summed E-state index contributed by atoms with van der Waals surface area (Å²) in [7, 11) is 0. The molecule has 1 aliphatic rings. The fourth-order valence-corrected chi connectivity index (χ4v) is 2.88. The van der Waals surface area contributed by atoms with Gasteiger partial charge in [-0.25, -0.2) is 0 Å². The van der Waals surface area contributed by atoms with E-state index in [0.717, 1.165) is 29.1 Å². The van der Waals surface area contributed by atoms with Gasteiger partial charge in [0.1, 0.15) is 13.2 Å². The predicted octanol–water partition coefficient (Wildman–Crippen LogP) is 3.06. The lowest BCUT2D eigenvalue weighted by Crippen LogP contribution is -2.18. The van der Waals surface area contributed by atoms with E-state index in [9.17, 15) is 0 Å². The molecular weight excluding hydrogens is 314 g/mol. The lowest BCUT2D eigenvalue weighted by molar-refractivity contribution is 0.170. The van der Waals surface area contributed by atoms with Gasteiger partial charge in [0, 0.05) is 6.54 Å². The summed E-state index contributed by atoms with van der Waals surface area (Å²) in [6.45, 7) is 3.17. The van der Waals surface area contributed by atoms with Gasteiger partial charge in [-0.05, 0) is 58.6 Å². The van der Waals surface area contributed by atoms with Crippen LogP contribution in [0.1, 0.15) is 12.0 Å². The Morgan fingerprint density at radius 3 is 3.00 bits per heavy atom. The topological polar surface area (TPSA) is 30.5 Å². The summed E-state index contributed by atoms with van der Waals surface area (Å²) in [4.78, 5) is 0. The van der Waals surface area contributed by atoms with Crippen LogP contribution in [0.4, 0.5) is 0 Å². The summed E-state index contributed by atoms with van der Waals surface area (Å²) in [6.07, 6.45) is 3.34. The molecule has 1 N–H and O–H groups in total. The number of fused-ring (bicyclic) bond motifs is 1. The molecule has 1 heterocycles. The zero-order valence-corrected chi connectivity index (χ0v) is 12.9. The van der Waals surface area contributed by atoms with E-state index in [1.807, 2.05) is 11.8 Å². The maximum Gasteiger partial charge on any atom is 0.175 e. The Bertz CT molecular complexity index is 401. The number of hydrogen-bond acceptors (Lipinski definition) is 4. The third kappa shape index (κ3) is 3.80. The smallest absolute Gasteiger partial charge is 0.175 e. The van der Waals surface area contributed by atoms with E-state index in [-0.39, 0.29) is 0 Å².